The van der Waals surface area contributed by atoms with Gasteiger partial charge in [-0.2, -0.15) is 0 Å². The van der Waals surface area contributed by atoms with E-state index in [1.807, 2.05) is 0 Å². The number of rotatable bonds is 4. The van der Waals surface area contributed by atoms with Gasteiger partial charge in [-0.25, -0.2) is 17.6 Å². The number of halogens is 4. The van der Waals surface area contributed by atoms with Crippen molar-refractivity contribution in [2.75, 3.05) is 0 Å². The van der Waals surface area contributed by atoms with Crippen LogP contribution in [-0.4, -0.2) is 5.92 Å². The van der Waals surface area contributed by atoms with Gasteiger partial charge in [0.2, 0.25) is 5.92 Å². The van der Waals surface area contributed by atoms with Crippen molar-refractivity contribution in [3.8, 4) is 0 Å². The molecule has 0 spiro atoms. The lowest BCUT2D eigenvalue weighted by molar-refractivity contribution is -0.0130. The fourth-order valence-electron chi connectivity index (χ4n) is 5.06. The van der Waals surface area contributed by atoms with Crippen LogP contribution < -0.4 is 0 Å². The summed E-state index contributed by atoms with van der Waals surface area (Å²) in [7, 11) is 0. The maximum atomic E-state index is 13.4. The molecule has 2 saturated carbocycles. The summed E-state index contributed by atoms with van der Waals surface area (Å²) in [6, 6.07) is 4.28. The molecule has 2 fully saturated rings. The van der Waals surface area contributed by atoms with Crippen LogP contribution in [0.1, 0.15) is 76.2 Å². The average molecular weight is 356 g/mol. The third-order valence-electron chi connectivity index (χ3n) is 6.39. The summed E-state index contributed by atoms with van der Waals surface area (Å²) >= 11 is 0. The van der Waals surface area contributed by atoms with Crippen molar-refractivity contribution in [1.82, 2.24) is 0 Å². The Bertz CT molecular complexity index is 562. The zero-order chi connectivity index (χ0) is 18.0. The molecule has 0 aromatic heterocycles. The highest BCUT2D eigenvalue weighted by Crippen LogP contribution is 2.45. The first-order chi connectivity index (χ1) is 11.8. The van der Waals surface area contributed by atoms with Crippen molar-refractivity contribution in [3.05, 3.63) is 35.4 Å². The Hall–Kier alpha value is -1.06. The average Bonchev–Trinajstić information content (AvgIpc) is 2.57. The molecule has 0 saturated heterocycles. The van der Waals surface area contributed by atoms with Crippen LogP contribution in [0.15, 0.2) is 18.2 Å². The zero-order valence-corrected chi connectivity index (χ0v) is 14.9. The Balaban J connectivity index is 1.47. The van der Waals surface area contributed by atoms with E-state index in [1.165, 1.54) is 12.1 Å². The molecular formula is C21H28F4. The van der Waals surface area contributed by atoms with E-state index >= 15 is 0 Å². The molecule has 0 nitrogen and oxygen atoms in total. The largest absolute Gasteiger partial charge is 0.245 e. The molecule has 3 rings (SSSR count). The molecule has 1 aromatic carbocycles. The first-order valence-electron chi connectivity index (χ1n) is 9.64. The number of alkyl halides is 2. The SMILES string of the molecule is CC(F)(F)C[C@H]1CC[C@H](C2CCC(c3ccc(F)c(F)c3)CC2)CC1. The Kier molecular flexibility index (Phi) is 5.75. The van der Waals surface area contributed by atoms with Gasteiger partial charge in [0.05, 0.1) is 0 Å². The molecule has 0 N–H and O–H groups in total. The summed E-state index contributed by atoms with van der Waals surface area (Å²) in [4.78, 5) is 0. The van der Waals surface area contributed by atoms with Crippen molar-refractivity contribution in [2.24, 2.45) is 17.8 Å². The van der Waals surface area contributed by atoms with Gasteiger partial charge in [-0.3, -0.25) is 0 Å². The first-order valence-corrected chi connectivity index (χ1v) is 9.64. The van der Waals surface area contributed by atoms with Gasteiger partial charge in [0.1, 0.15) is 0 Å². The predicted octanol–water partition coefficient (Wildman–Crippen LogP) is 7.09. The normalized spacial score (nSPS) is 31.1. The summed E-state index contributed by atoms with van der Waals surface area (Å²) < 4.78 is 52.8. The molecule has 0 radical (unpaired) electrons. The van der Waals surface area contributed by atoms with E-state index in [0.29, 0.717) is 17.8 Å². The van der Waals surface area contributed by atoms with E-state index in [-0.39, 0.29) is 12.3 Å². The van der Waals surface area contributed by atoms with Gasteiger partial charge in [-0.15, -0.1) is 0 Å². The molecule has 2 aliphatic carbocycles. The number of benzene rings is 1. The molecule has 0 bridgehead atoms. The Morgan fingerprint density at radius 3 is 1.92 bits per heavy atom. The van der Waals surface area contributed by atoms with Crippen LogP contribution in [0.3, 0.4) is 0 Å². The molecule has 25 heavy (non-hydrogen) atoms. The zero-order valence-electron chi connectivity index (χ0n) is 14.9. The maximum absolute atomic E-state index is 13.4. The summed E-state index contributed by atoms with van der Waals surface area (Å²) in [6.45, 7) is 1.03. The van der Waals surface area contributed by atoms with Gasteiger partial charge in [0, 0.05) is 6.42 Å². The van der Waals surface area contributed by atoms with Crippen LogP contribution in [0.4, 0.5) is 17.6 Å². The quantitative estimate of drug-likeness (QED) is 0.505. The van der Waals surface area contributed by atoms with Crippen LogP contribution in [0.25, 0.3) is 0 Å². The number of hydrogen-bond acceptors (Lipinski definition) is 0. The Labute approximate surface area is 148 Å². The molecule has 140 valence electrons. The van der Waals surface area contributed by atoms with E-state index in [1.54, 1.807) is 6.07 Å². The molecule has 0 aliphatic heterocycles. The smallest absolute Gasteiger partial charge is 0.207 e. The summed E-state index contributed by atoms with van der Waals surface area (Å²) in [5, 5.41) is 0. The van der Waals surface area contributed by atoms with E-state index in [4.69, 9.17) is 0 Å². The fraction of sp³-hybridized carbons (Fsp3) is 0.714. The van der Waals surface area contributed by atoms with E-state index in [9.17, 15) is 17.6 Å². The first kappa shape index (κ1) is 18.7. The third-order valence-corrected chi connectivity index (χ3v) is 6.39. The topological polar surface area (TPSA) is 0 Å². The van der Waals surface area contributed by atoms with Gasteiger partial charge in [-0.05, 0) is 99.7 Å². The lowest BCUT2D eigenvalue weighted by Crippen LogP contribution is -2.27. The minimum atomic E-state index is -2.54. The summed E-state index contributed by atoms with van der Waals surface area (Å²) in [5.41, 5.74) is 0.909. The highest BCUT2D eigenvalue weighted by atomic mass is 19.3. The molecule has 2 aliphatic rings. The lowest BCUT2D eigenvalue weighted by Gasteiger charge is -2.38. The molecular weight excluding hydrogens is 328 g/mol. The highest BCUT2D eigenvalue weighted by molar-refractivity contribution is 5.22. The van der Waals surface area contributed by atoms with E-state index in [2.05, 4.69) is 0 Å². The van der Waals surface area contributed by atoms with Crippen LogP contribution in [0, 0.1) is 29.4 Å². The van der Waals surface area contributed by atoms with Crippen molar-refractivity contribution in [1.29, 1.82) is 0 Å². The number of hydrogen-bond donors (Lipinski definition) is 0. The monoisotopic (exact) mass is 356 g/mol. The lowest BCUT2D eigenvalue weighted by atomic mass is 9.68. The molecule has 0 heterocycles. The van der Waals surface area contributed by atoms with Crippen molar-refractivity contribution in [3.63, 3.8) is 0 Å². The molecule has 0 unspecified atom stereocenters. The van der Waals surface area contributed by atoms with Gasteiger partial charge in [-0.1, -0.05) is 6.07 Å². The van der Waals surface area contributed by atoms with Crippen LogP contribution in [0.2, 0.25) is 0 Å². The molecule has 0 amide bonds. The van der Waals surface area contributed by atoms with E-state index < -0.39 is 17.6 Å². The molecule has 0 atom stereocenters. The second-order valence-corrected chi connectivity index (χ2v) is 8.34. The van der Waals surface area contributed by atoms with Gasteiger partial charge >= 0.3 is 0 Å². The standard InChI is InChI=1S/C21H28F4/c1-21(24,25)13-14-2-4-15(5-3-14)16-6-8-17(9-7-16)18-10-11-19(22)20(23)12-18/h10-12,14-17H,2-9,13H2,1H3/t14-,15-,16?,17?. The minimum Gasteiger partial charge on any atom is -0.207 e. The highest BCUT2D eigenvalue weighted by Gasteiger charge is 2.34. The second kappa shape index (κ2) is 7.67. The predicted molar refractivity (Wildman–Crippen MR) is 91.7 cm³/mol. The van der Waals surface area contributed by atoms with Crippen LogP contribution in [0.5, 0.6) is 0 Å². The third kappa shape index (κ3) is 4.98. The Morgan fingerprint density at radius 2 is 1.40 bits per heavy atom. The fourth-order valence-corrected chi connectivity index (χ4v) is 5.06. The van der Waals surface area contributed by atoms with Crippen molar-refractivity contribution in [2.45, 2.75) is 76.6 Å². The van der Waals surface area contributed by atoms with Gasteiger partial charge in [0.25, 0.3) is 0 Å². The maximum Gasteiger partial charge on any atom is 0.245 e. The minimum absolute atomic E-state index is 0.0303. The van der Waals surface area contributed by atoms with Crippen LogP contribution in [-0.2, 0) is 0 Å². The molecule has 4 heteroatoms. The summed E-state index contributed by atoms with van der Waals surface area (Å²) in [5.74, 6) is -2.26. The Morgan fingerprint density at radius 1 is 0.840 bits per heavy atom. The van der Waals surface area contributed by atoms with Gasteiger partial charge in [0.15, 0.2) is 11.6 Å². The second-order valence-electron chi connectivity index (χ2n) is 8.34. The van der Waals surface area contributed by atoms with E-state index in [0.717, 1.165) is 63.9 Å². The van der Waals surface area contributed by atoms with Crippen molar-refractivity contribution >= 4 is 0 Å². The van der Waals surface area contributed by atoms with Crippen molar-refractivity contribution < 1.29 is 17.6 Å². The van der Waals surface area contributed by atoms with Gasteiger partial charge < -0.3 is 0 Å². The van der Waals surface area contributed by atoms with Crippen LogP contribution >= 0.6 is 0 Å². The summed E-state index contributed by atoms with van der Waals surface area (Å²) in [6.07, 6.45) is 8.29. The molecule has 1 aromatic rings.